The molecular weight excluding hydrogens is 248 g/mol. The van der Waals surface area contributed by atoms with E-state index < -0.39 is 0 Å². The summed E-state index contributed by atoms with van der Waals surface area (Å²) in [5.74, 6) is 2.46. The van der Waals surface area contributed by atoms with Gasteiger partial charge in [0.1, 0.15) is 5.75 Å². The van der Waals surface area contributed by atoms with Crippen molar-refractivity contribution in [2.75, 3.05) is 26.2 Å². The maximum atomic E-state index is 6.05. The summed E-state index contributed by atoms with van der Waals surface area (Å²) < 4.78 is 5.51. The minimum absolute atomic E-state index is 0.330. The van der Waals surface area contributed by atoms with Crippen molar-refractivity contribution < 1.29 is 4.74 Å². The SMILES string of the molecule is CCOc1ccc(C(CN)N2C[C@H](C)C[C@H](C)C2)cc1. The first-order valence-corrected chi connectivity index (χ1v) is 7.80. The molecule has 3 nitrogen and oxygen atoms in total. The quantitative estimate of drug-likeness (QED) is 0.898. The van der Waals surface area contributed by atoms with Gasteiger partial charge >= 0.3 is 0 Å². The van der Waals surface area contributed by atoms with E-state index in [9.17, 15) is 0 Å². The zero-order chi connectivity index (χ0) is 14.5. The van der Waals surface area contributed by atoms with Crippen LogP contribution in [-0.4, -0.2) is 31.1 Å². The van der Waals surface area contributed by atoms with Gasteiger partial charge in [0.15, 0.2) is 0 Å². The monoisotopic (exact) mass is 276 g/mol. The van der Waals surface area contributed by atoms with Crippen molar-refractivity contribution in [3.05, 3.63) is 29.8 Å². The number of rotatable bonds is 5. The molecule has 0 bridgehead atoms. The molecule has 1 aromatic rings. The molecule has 20 heavy (non-hydrogen) atoms. The first-order valence-electron chi connectivity index (χ1n) is 7.80. The number of piperidine rings is 1. The van der Waals surface area contributed by atoms with Crippen molar-refractivity contribution >= 4 is 0 Å². The Balaban J connectivity index is 2.10. The lowest BCUT2D eigenvalue weighted by Crippen LogP contribution is -2.43. The minimum atomic E-state index is 0.330. The van der Waals surface area contributed by atoms with Gasteiger partial charge < -0.3 is 10.5 Å². The summed E-state index contributed by atoms with van der Waals surface area (Å²) in [5, 5.41) is 0. The van der Waals surface area contributed by atoms with Crippen LogP contribution < -0.4 is 10.5 Å². The van der Waals surface area contributed by atoms with E-state index in [4.69, 9.17) is 10.5 Å². The first-order chi connectivity index (χ1) is 9.63. The van der Waals surface area contributed by atoms with Crippen molar-refractivity contribution in [3.8, 4) is 5.75 Å². The highest BCUT2D eigenvalue weighted by atomic mass is 16.5. The maximum absolute atomic E-state index is 6.05. The van der Waals surface area contributed by atoms with Crippen LogP contribution in [0.5, 0.6) is 5.75 Å². The summed E-state index contributed by atoms with van der Waals surface area (Å²) in [4.78, 5) is 2.55. The molecule has 1 unspecified atom stereocenters. The van der Waals surface area contributed by atoms with Crippen LogP contribution in [0, 0.1) is 11.8 Å². The van der Waals surface area contributed by atoms with Gasteiger partial charge in [-0.3, -0.25) is 4.90 Å². The molecule has 0 amide bonds. The number of hydrogen-bond acceptors (Lipinski definition) is 3. The fourth-order valence-corrected chi connectivity index (χ4v) is 3.41. The summed E-state index contributed by atoms with van der Waals surface area (Å²) in [5.41, 5.74) is 7.35. The van der Waals surface area contributed by atoms with E-state index in [1.165, 1.54) is 12.0 Å². The number of ether oxygens (including phenoxy) is 1. The van der Waals surface area contributed by atoms with Gasteiger partial charge in [0.05, 0.1) is 6.61 Å². The Labute approximate surface area is 123 Å². The van der Waals surface area contributed by atoms with E-state index in [0.717, 1.165) is 30.7 Å². The van der Waals surface area contributed by atoms with E-state index in [2.05, 4.69) is 43.0 Å². The number of nitrogens with zero attached hydrogens (tertiary/aromatic N) is 1. The number of benzene rings is 1. The van der Waals surface area contributed by atoms with Crippen molar-refractivity contribution in [2.24, 2.45) is 17.6 Å². The van der Waals surface area contributed by atoms with Crippen molar-refractivity contribution in [2.45, 2.75) is 33.2 Å². The molecule has 0 aromatic heterocycles. The summed E-state index contributed by atoms with van der Waals surface area (Å²) >= 11 is 0. The van der Waals surface area contributed by atoms with Crippen LogP contribution in [0.4, 0.5) is 0 Å². The molecule has 1 aliphatic heterocycles. The lowest BCUT2D eigenvalue weighted by molar-refractivity contribution is 0.0984. The summed E-state index contributed by atoms with van der Waals surface area (Å²) in [6.07, 6.45) is 1.33. The molecule has 0 saturated carbocycles. The average Bonchev–Trinajstić information content (AvgIpc) is 2.41. The standard InChI is InChI=1S/C17H28N2O/c1-4-20-16-7-5-15(6-8-16)17(10-18)19-11-13(2)9-14(3)12-19/h5-8,13-14,17H,4,9-12,18H2,1-3H3/t13-,14+,17?. The van der Waals surface area contributed by atoms with Gasteiger partial charge in [-0.25, -0.2) is 0 Å². The van der Waals surface area contributed by atoms with Gasteiger partial charge in [-0.1, -0.05) is 26.0 Å². The highest BCUT2D eigenvalue weighted by molar-refractivity contribution is 5.29. The summed E-state index contributed by atoms with van der Waals surface area (Å²) in [6, 6.07) is 8.76. The second-order valence-electron chi connectivity index (χ2n) is 6.15. The van der Waals surface area contributed by atoms with E-state index in [0.29, 0.717) is 19.2 Å². The van der Waals surface area contributed by atoms with Crippen LogP contribution >= 0.6 is 0 Å². The van der Waals surface area contributed by atoms with E-state index in [1.807, 2.05) is 6.92 Å². The zero-order valence-electron chi connectivity index (χ0n) is 13.0. The summed E-state index contributed by atoms with van der Waals surface area (Å²) in [6.45, 7) is 10.4. The van der Waals surface area contributed by atoms with Gasteiger partial charge in [-0.2, -0.15) is 0 Å². The molecule has 2 rings (SSSR count). The van der Waals surface area contributed by atoms with Crippen LogP contribution in [0.25, 0.3) is 0 Å². The lowest BCUT2D eigenvalue weighted by atomic mass is 9.89. The van der Waals surface area contributed by atoms with Crippen molar-refractivity contribution in [1.82, 2.24) is 4.90 Å². The Bertz CT molecular complexity index is 394. The molecule has 0 radical (unpaired) electrons. The topological polar surface area (TPSA) is 38.5 Å². The van der Waals surface area contributed by atoms with Crippen LogP contribution in [0.2, 0.25) is 0 Å². The van der Waals surface area contributed by atoms with E-state index in [-0.39, 0.29) is 0 Å². The Morgan fingerprint density at radius 1 is 1.20 bits per heavy atom. The first kappa shape index (κ1) is 15.3. The highest BCUT2D eigenvalue weighted by Gasteiger charge is 2.27. The molecule has 0 spiro atoms. The number of likely N-dealkylation sites (tertiary alicyclic amines) is 1. The zero-order valence-corrected chi connectivity index (χ0v) is 13.0. The third kappa shape index (κ3) is 3.74. The third-order valence-electron chi connectivity index (χ3n) is 4.14. The smallest absolute Gasteiger partial charge is 0.119 e. The molecule has 0 aliphatic carbocycles. The normalized spacial score (nSPS) is 25.4. The predicted octanol–water partition coefficient (Wildman–Crippen LogP) is 3.06. The molecule has 1 aromatic carbocycles. The van der Waals surface area contributed by atoms with Gasteiger partial charge in [-0.15, -0.1) is 0 Å². The molecule has 3 atom stereocenters. The number of hydrogen-bond donors (Lipinski definition) is 1. The second kappa shape index (κ2) is 7.09. The largest absolute Gasteiger partial charge is 0.494 e. The Kier molecular flexibility index (Phi) is 5.44. The third-order valence-corrected chi connectivity index (χ3v) is 4.14. The Morgan fingerprint density at radius 3 is 2.30 bits per heavy atom. The fourth-order valence-electron chi connectivity index (χ4n) is 3.41. The van der Waals surface area contributed by atoms with E-state index >= 15 is 0 Å². The van der Waals surface area contributed by atoms with Gasteiger partial charge in [0, 0.05) is 25.7 Å². The lowest BCUT2D eigenvalue weighted by Gasteiger charge is -2.40. The van der Waals surface area contributed by atoms with Gasteiger partial charge in [-0.05, 0) is 42.9 Å². The number of nitrogens with two attached hydrogens (primary N) is 1. The van der Waals surface area contributed by atoms with Gasteiger partial charge in [0.2, 0.25) is 0 Å². The Hall–Kier alpha value is -1.06. The highest BCUT2D eigenvalue weighted by Crippen LogP contribution is 2.29. The van der Waals surface area contributed by atoms with Crippen LogP contribution in [-0.2, 0) is 0 Å². The fraction of sp³-hybridized carbons (Fsp3) is 0.647. The molecule has 112 valence electrons. The maximum Gasteiger partial charge on any atom is 0.119 e. The van der Waals surface area contributed by atoms with Crippen LogP contribution in [0.15, 0.2) is 24.3 Å². The second-order valence-corrected chi connectivity index (χ2v) is 6.15. The molecule has 1 heterocycles. The molecule has 1 aliphatic rings. The molecule has 3 heteroatoms. The molecule has 1 fully saturated rings. The Morgan fingerprint density at radius 2 is 1.80 bits per heavy atom. The van der Waals surface area contributed by atoms with Crippen molar-refractivity contribution in [3.63, 3.8) is 0 Å². The minimum Gasteiger partial charge on any atom is -0.494 e. The summed E-state index contributed by atoms with van der Waals surface area (Å²) in [7, 11) is 0. The van der Waals surface area contributed by atoms with Crippen LogP contribution in [0.3, 0.4) is 0 Å². The van der Waals surface area contributed by atoms with Crippen molar-refractivity contribution in [1.29, 1.82) is 0 Å². The molecule has 2 N–H and O–H groups in total. The predicted molar refractivity (Wildman–Crippen MR) is 83.9 cm³/mol. The van der Waals surface area contributed by atoms with Crippen LogP contribution in [0.1, 0.15) is 38.8 Å². The van der Waals surface area contributed by atoms with E-state index in [1.54, 1.807) is 0 Å². The molecular formula is C17H28N2O. The van der Waals surface area contributed by atoms with Gasteiger partial charge in [0.25, 0.3) is 0 Å². The molecule has 1 saturated heterocycles. The average molecular weight is 276 g/mol.